The van der Waals surface area contributed by atoms with Gasteiger partial charge in [0.1, 0.15) is 12.4 Å². The first kappa shape index (κ1) is 26.1. The highest BCUT2D eigenvalue weighted by Crippen LogP contribution is 2.31. The zero-order chi connectivity index (χ0) is 25.7. The summed E-state index contributed by atoms with van der Waals surface area (Å²) in [4.78, 5) is 33.6. The Morgan fingerprint density at radius 1 is 1.19 bits per heavy atom. The summed E-state index contributed by atoms with van der Waals surface area (Å²) in [5.41, 5.74) is 1.49. The molecule has 12 heteroatoms. The van der Waals surface area contributed by atoms with Crippen molar-refractivity contribution in [1.82, 2.24) is 30.0 Å². The lowest BCUT2D eigenvalue weighted by Gasteiger charge is -2.16. The Kier molecular flexibility index (Phi) is 8.22. The Balaban J connectivity index is 1.37. The molecule has 0 aromatic carbocycles. The Morgan fingerprint density at radius 3 is 2.64 bits per heavy atom. The van der Waals surface area contributed by atoms with Gasteiger partial charge in [0.25, 0.3) is 0 Å². The number of hydrogen-bond donors (Lipinski definition) is 1. The van der Waals surface area contributed by atoms with E-state index in [-0.39, 0.29) is 35.9 Å². The SMILES string of the molecule is CCC(CS(=O)(=O)CCCCCN1CC(=O)NC1=O)c1nc(OCC2CC2)cc(-c2cnn(C)c2)n1. The molecule has 0 bridgehead atoms. The molecule has 0 radical (unpaired) electrons. The quantitative estimate of drug-likeness (QED) is 0.297. The van der Waals surface area contributed by atoms with Crippen LogP contribution in [0.2, 0.25) is 0 Å². The van der Waals surface area contributed by atoms with Crippen molar-refractivity contribution in [3.05, 3.63) is 24.3 Å². The van der Waals surface area contributed by atoms with Gasteiger partial charge >= 0.3 is 6.03 Å². The predicted molar refractivity (Wildman–Crippen MR) is 133 cm³/mol. The molecular weight excluding hydrogens is 484 g/mol. The fourth-order valence-electron chi connectivity index (χ4n) is 4.12. The van der Waals surface area contributed by atoms with Crippen LogP contribution in [0.5, 0.6) is 5.88 Å². The zero-order valence-electron chi connectivity index (χ0n) is 20.9. The van der Waals surface area contributed by atoms with Crippen molar-refractivity contribution < 1.29 is 22.7 Å². The van der Waals surface area contributed by atoms with E-state index >= 15 is 0 Å². The van der Waals surface area contributed by atoms with Gasteiger partial charge in [-0.3, -0.25) is 14.8 Å². The van der Waals surface area contributed by atoms with Gasteiger partial charge in [-0.25, -0.2) is 18.2 Å². The fourth-order valence-corrected chi connectivity index (χ4v) is 5.93. The van der Waals surface area contributed by atoms with E-state index in [9.17, 15) is 18.0 Å². The highest BCUT2D eigenvalue weighted by molar-refractivity contribution is 7.91. The van der Waals surface area contributed by atoms with Crippen LogP contribution in [0, 0.1) is 5.92 Å². The van der Waals surface area contributed by atoms with Crippen molar-refractivity contribution in [1.29, 1.82) is 0 Å². The molecule has 2 aromatic rings. The summed E-state index contributed by atoms with van der Waals surface area (Å²) in [7, 11) is -1.52. The lowest BCUT2D eigenvalue weighted by molar-refractivity contribution is -0.118. The second-order valence-electron chi connectivity index (χ2n) is 9.66. The zero-order valence-corrected chi connectivity index (χ0v) is 21.7. The van der Waals surface area contributed by atoms with Crippen LogP contribution in [-0.2, 0) is 21.7 Å². The molecule has 2 fully saturated rings. The molecule has 0 spiro atoms. The van der Waals surface area contributed by atoms with Crippen LogP contribution in [-0.4, -0.2) is 76.2 Å². The summed E-state index contributed by atoms with van der Waals surface area (Å²) in [5, 5.41) is 6.46. The standard InChI is InChI=1S/C24H34N6O5S/c1-3-18(16-36(33,34)10-6-4-5-9-30-14-21(31)27-24(30)32)23-26-20(19-12-25-29(2)13-19)11-22(28-23)35-15-17-7-8-17/h11-13,17-18H,3-10,14-16H2,1-2H3,(H,27,31,32). The van der Waals surface area contributed by atoms with Gasteiger partial charge in [0.05, 0.1) is 30.0 Å². The van der Waals surface area contributed by atoms with E-state index in [1.807, 2.05) is 20.2 Å². The average Bonchev–Trinajstić information content (AvgIpc) is 3.48. The topological polar surface area (TPSA) is 136 Å². The maximum Gasteiger partial charge on any atom is 0.324 e. The maximum atomic E-state index is 12.9. The predicted octanol–water partition coefficient (Wildman–Crippen LogP) is 2.30. The van der Waals surface area contributed by atoms with E-state index in [0.29, 0.717) is 62.2 Å². The van der Waals surface area contributed by atoms with Gasteiger partial charge in [-0.05, 0) is 38.0 Å². The molecule has 196 valence electrons. The number of sulfone groups is 1. The van der Waals surface area contributed by atoms with E-state index in [1.54, 1.807) is 16.9 Å². The first-order chi connectivity index (χ1) is 17.2. The van der Waals surface area contributed by atoms with Crippen LogP contribution < -0.4 is 10.1 Å². The van der Waals surface area contributed by atoms with Crippen LogP contribution in [0.4, 0.5) is 4.79 Å². The van der Waals surface area contributed by atoms with Crippen molar-refractivity contribution in [2.24, 2.45) is 13.0 Å². The maximum absolute atomic E-state index is 12.9. The van der Waals surface area contributed by atoms with Crippen molar-refractivity contribution in [2.45, 2.75) is 51.4 Å². The third-order valence-corrected chi connectivity index (χ3v) is 8.27. The number of carbonyl (C=O) groups excluding carboxylic acids is 2. The Bertz CT molecular complexity index is 1190. The number of rotatable bonds is 14. The monoisotopic (exact) mass is 518 g/mol. The van der Waals surface area contributed by atoms with Crippen LogP contribution in [0.1, 0.15) is 57.2 Å². The lowest BCUT2D eigenvalue weighted by atomic mass is 10.1. The molecule has 3 heterocycles. The lowest BCUT2D eigenvalue weighted by Crippen LogP contribution is -2.29. The fraction of sp³-hybridized carbons (Fsp3) is 0.625. The second kappa shape index (κ2) is 11.4. The first-order valence-electron chi connectivity index (χ1n) is 12.5. The van der Waals surface area contributed by atoms with E-state index in [2.05, 4.69) is 15.4 Å². The van der Waals surface area contributed by atoms with Crippen LogP contribution in [0.25, 0.3) is 11.3 Å². The summed E-state index contributed by atoms with van der Waals surface area (Å²) >= 11 is 0. The molecular formula is C24H34N6O5S. The third kappa shape index (κ3) is 7.25. The molecule has 1 saturated heterocycles. The van der Waals surface area contributed by atoms with Crippen molar-refractivity contribution in [2.75, 3.05) is 31.2 Å². The molecule has 11 nitrogen and oxygen atoms in total. The number of ether oxygens (including phenoxy) is 1. The number of imide groups is 1. The number of amides is 3. The molecule has 1 unspecified atom stereocenters. The minimum Gasteiger partial charge on any atom is -0.477 e. The van der Waals surface area contributed by atoms with Gasteiger partial charge in [0.2, 0.25) is 11.8 Å². The third-order valence-electron chi connectivity index (χ3n) is 6.45. The van der Waals surface area contributed by atoms with Crippen molar-refractivity contribution >= 4 is 21.8 Å². The number of unbranched alkanes of at least 4 members (excludes halogenated alkanes) is 2. The highest BCUT2D eigenvalue weighted by Gasteiger charge is 2.27. The Hall–Kier alpha value is -3.02. The van der Waals surface area contributed by atoms with Gasteiger partial charge in [-0.15, -0.1) is 0 Å². The van der Waals surface area contributed by atoms with Crippen molar-refractivity contribution in [3.63, 3.8) is 0 Å². The van der Waals surface area contributed by atoms with Crippen LogP contribution >= 0.6 is 0 Å². The summed E-state index contributed by atoms with van der Waals surface area (Å²) in [5.74, 6) is 0.864. The van der Waals surface area contributed by atoms with E-state index in [0.717, 1.165) is 18.4 Å². The van der Waals surface area contributed by atoms with Gasteiger partial charge in [0.15, 0.2) is 9.84 Å². The van der Waals surface area contributed by atoms with Gasteiger partial charge in [0, 0.05) is 37.3 Å². The molecule has 4 rings (SSSR count). The minimum absolute atomic E-state index is 0.0366. The molecule has 1 aliphatic carbocycles. The van der Waals surface area contributed by atoms with Crippen molar-refractivity contribution in [3.8, 4) is 17.1 Å². The first-order valence-corrected chi connectivity index (χ1v) is 14.3. The van der Waals surface area contributed by atoms with E-state index in [4.69, 9.17) is 9.72 Å². The Morgan fingerprint density at radius 2 is 2.00 bits per heavy atom. The number of urea groups is 1. The summed E-state index contributed by atoms with van der Waals surface area (Å²) < 4.78 is 33.5. The number of nitrogens with zero attached hydrogens (tertiary/aromatic N) is 5. The number of nitrogens with one attached hydrogen (secondary N) is 1. The minimum atomic E-state index is -3.35. The molecule has 2 aromatic heterocycles. The molecule has 1 N–H and O–H groups in total. The number of carbonyl (C=O) groups is 2. The molecule has 3 amide bonds. The molecule has 1 saturated carbocycles. The summed E-state index contributed by atoms with van der Waals surface area (Å²) in [6.07, 6.45) is 8.27. The molecule has 2 aliphatic rings. The van der Waals surface area contributed by atoms with Gasteiger partial charge in [-0.2, -0.15) is 10.1 Å². The summed E-state index contributed by atoms with van der Waals surface area (Å²) in [6, 6.07) is 1.41. The molecule has 1 aliphatic heterocycles. The number of hydrogen-bond acceptors (Lipinski definition) is 8. The average molecular weight is 519 g/mol. The smallest absolute Gasteiger partial charge is 0.324 e. The normalized spacial score (nSPS) is 16.9. The van der Waals surface area contributed by atoms with Crippen LogP contribution in [0.15, 0.2) is 18.5 Å². The second-order valence-corrected chi connectivity index (χ2v) is 11.9. The number of aromatic nitrogens is 4. The molecule has 1 atom stereocenters. The largest absolute Gasteiger partial charge is 0.477 e. The molecule has 36 heavy (non-hydrogen) atoms. The number of aryl methyl sites for hydroxylation is 1. The summed E-state index contributed by atoms with van der Waals surface area (Å²) in [6.45, 7) is 3.05. The van der Waals surface area contributed by atoms with Gasteiger partial charge in [-0.1, -0.05) is 13.3 Å². The van der Waals surface area contributed by atoms with Crippen LogP contribution in [0.3, 0.4) is 0 Å². The Labute approximate surface area is 211 Å². The highest BCUT2D eigenvalue weighted by atomic mass is 32.2. The van der Waals surface area contributed by atoms with E-state index in [1.165, 1.54) is 4.90 Å². The van der Waals surface area contributed by atoms with Gasteiger partial charge < -0.3 is 9.64 Å². The van der Waals surface area contributed by atoms with E-state index < -0.39 is 9.84 Å².